The number of fused-ring (bicyclic) bond motifs is 2. The van der Waals surface area contributed by atoms with Crippen LogP contribution >= 0.6 is 0 Å². The van der Waals surface area contributed by atoms with Gasteiger partial charge in [0.05, 0.1) is 5.76 Å². The van der Waals surface area contributed by atoms with Crippen LogP contribution in [-0.2, 0) is 0 Å². The van der Waals surface area contributed by atoms with Crippen molar-refractivity contribution in [3.63, 3.8) is 0 Å². The first-order valence-corrected chi connectivity index (χ1v) is 4.40. The summed E-state index contributed by atoms with van der Waals surface area (Å²) in [7, 11) is 0. The molecule has 0 aromatic rings. The number of aliphatic hydroxyl groups excluding tert-OH is 3. The third-order valence-electron chi connectivity index (χ3n) is 3.33. The van der Waals surface area contributed by atoms with E-state index in [0.717, 1.165) is 6.42 Å². The molecule has 1 saturated carbocycles. The van der Waals surface area contributed by atoms with E-state index in [9.17, 15) is 5.11 Å². The fourth-order valence-electron chi connectivity index (χ4n) is 2.67. The van der Waals surface area contributed by atoms with E-state index < -0.39 is 0 Å². The Hall–Kier alpha value is -0.540. The summed E-state index contributed by atoms with van der Waals surface area (Å²) in [5.41, 5.74) is 0. The van der Waals surface area contributed by atoms with Crippen molar-refractivity contribution in [2.75, 3.05) is 13.2 Å². The lowest BCUT2D eigenvalue weighted by molar-refractivity contribution is 0.0968. The average molecular weight is 170 g/mol. The van der Waals surface area contributed by atoms with Crippen LogP contribution in [0, 0.1) is 23.7 Å². The lowest BCUT2D eigenvalue weighted by atomic mass is 9.83. The molecular weight excluding hydrogens is 156 g/mol. The minimum Gasteiger partial charge on any atom is -0.512 e. The van der Waals surface area contributed by atoms with Crippen LogP contribution in [0.15, 0.2) is 11.8 Å². The molecule has 3 N–H and O–H groups in total. The third kappa shape index (κ3) is 0.898. The number of hydrogen-bond donors (Lipinski definition) is 3. The minimum atomic E-state index is 0.0737. The van der Waals surface area contributed by atoms with Gasteiger partial charge in [0.2, 0.25) is 0 Å². The van der Waals surface area contributed by atoms with Crippen molar-refractivity contribution >= 4 is 0 Å². The zero-order valence-electron chi connectivity index (χ0n) is 6.85. The summed E-state index contributed by atoms with van der Waals surface area (Å²) in [6.45, 7) is 0.195. The van der Waals surface area contributed by atoms with Crippen molar-refractivity contribution in [3.8, 4) is 0 Å². The maximum Gasteiger partial charge on any atom is 0.0920 e. The van der Waals surface area contributed by atoms with E-state index in [1.54, 1.807) is 0 Å². The summed E-state index contributed by atoms with van der Waals surface area (Å²) < 4.78 is 0. The van der Waals surface area contributed by atoms with Gasteiger partial charge in [-0.05, 0) is 30.3 Å². The van der Waals surface area contributed by atoms with Crippen molar-refractivity contribution in [3.05, 3.63) is 11.8 Å². The summed E-state index contributed by atoms with van der Waals surface area (Å²) in [5, 5.41) is 27.5. The van der Waals surface area contributed by atoms with E-state index >= 15 is 0 Å². The van der Waals surface area contributed by atoms with Gasteiger partial charge in [-0.3, -0.25) is 0 Å². The molecule has 1 fully saturated rings. The molecule has 3 heteroatoms. The summed E-state index contributed by atoms with van der Waals surface area (Å²) in [5.74, 6) is 1.05. The Morgan fingerprint density at radius 3 is 2.50 bits per heavy atom. The normalized spacial score (nSPS) is 45.0. The minimum absolute atomic E-state index is 0.0737. The highest BCUT2D eigenvalue weighted by molar-refractivity contribution is 5.18. The van der Waals surface area contributed by atoms with Gasteiger partial charge in [0.25, 0.3) is 0 Å². The standard InChI is InChI=1S/C9H14O3/c10-3-7-5-1-6(8(7)4-11)9(12)2-5/h2,5-8,10-12H,1,3-4H2. The molecule has 0 aliphatic heterocycles. The molecule has 0 heterocycles. The second kappa shape index (κ2) is 2.75. The molecule has 2 bridgehead atoms. The molecule has 2 aliphatic rings. The van der Waals surface area contributed by atoms with Crippen molar-refractivity contribution in [2.24, 2.45) is 23.7 Å². The third-order valence-corrected chi connectivity index (χ3v) is 3.33. The van der Waals surface area contributed by atoms with Crippen molar-refractivity contribution in [1.82, 2.24) is 0 Å². The molecule has 0 saturated heterocycles. The smallest absolute Gasteiger partial charge is 0.0920 e. The van der Waals surface area contributed by atoms with Crippen molar-refractivity contribution in [1.29, 1.82) is 0 Å². The second-order valence-electron chi connectivity index (χ2n) is 3.79. The first kappa shape index (κ1) is 8.08. The maximum absolute atomic E-state index is 9.40. The van der Waals surface area contributed by atoms with E-state index in [-0.39, 0.29) is 36.9 Å². The van der Waals surface area contributed by atoms with Crippen LogP contribution in [0.4, 0.5) is 0 Å². The van der Waals surface area contributed by atoms with E-state index in [1.165, 1.54) is 0 Å². The van der Waals surface area contributed by atoms with Gasteiger partial charge in [-0.25, -0.2) is 0 Å². The van der Waals surface area contributed by atoms with Gasteiger partial charge in [0, 0.05) is 19.1 Å². The highest BCUT2D eigenvalue weighted by Gasteiger charge is 2.47. The molecule has 0 aromatic carbocycles. The summed E-state index contributed by atoms with van der Waals surface area (Å²) in [6, 6.07) is 0. The van der Waals surface area contributed by atoms with Crippen LogP contribution in [0.25, 0.3) is 0 Å². The van der Waals surface area contributed by atoms with Gasteiger partial charge in [0.1, 0.15) is 0 Å². The monoisotopic (exact) mass is 170 g/mol. The van der Waals surface area contributed by atoms with Crippen LogP contribution in [-0.4, -0.2) is 28.5 Å². The average Bonchev–Trinajstić information content (AvgIpc) is 2.58. The summed E-state index contributed by atoms with van der Waals surface area (Å²) >= 11 is 0. The zero-order valence-corrected chi connectivity index (χ0v) is 6.85. The summed E-state index contributed by atoms with van der Waals surface area (Å²) in [4.78, 5) is 0. The number of rotatable bonds is 2. The topological polar surface area (TPSA) is 60.7 Å². The van der Waals surface area contributed by atoms with E-state index in [2.05, 4.69) is 0 Å². The quantitative estimate of drug-likeness (QED) is 0.558. The van der Waals surface area contributed by atoms with E-state index in [1.807, 2.05) is 6.08 Å². The summed E-state index contributed by atoms with van der Waals surface area (Å²) in [6.07, 6.45) is 2.74. The largest absolute Gasteiger partial charge is 0.512 e. The molecule has 0 spiro atoms. The molecule has 2 rings (SSSR count). The van der Waals surface area contributed by atoms with Gasteiger partial charge in [-0.2, -0.15) is 0 Å². The molecule has 0 amide bonds. The highest BCUT2D eigenvalue weighted by atomic mass is 16.3. The first-order chi connectivity index (χ1) is 5.77. The van der Waals surface area contributed by atoms with E-state index in [0.29, 0.717) is 5.76 Å². The molecule has 12 heavy (non-hydrogen) atoms. The Morgan fingerprint density at radius 2 is 1.92 bits per heavy atom. The highest BCUT2D eigenvalue weighted by Crippen LogP contribution is 2.50. The Kier molecular flexibility index (Phi) is 1.85. The lowest BCUT2D eigenvalue weighted by Gasteiger charge is -2.25. The van der Waals surface area contributed by atoms with Crippen LogP contribution in [0.1, 0.15) is 6.42 Å². The maximum atomic E-state index is 9.40. The molecule has 2 aliphatic carbocycles. The molecular formula is C9H14O3. The van der Waals surface area contributed by atoms with Gasteiger partial charge in [0.15, 0.2) is 0 Å². The van der Waals surface area contributed by atoms with Crippen LogP contribution in [0.2, 0.25) is 0 Å². The van der Waals surface area contributed by atoms with Crippen LogP contribution in [0.3, 0.4) is 0 Å². The van der Waals surface area contributed by atoms with Crippen molar-refractivity contribution in [2.45, 2.75) is 6.42 Å². The van der Waals surface area contributed by atoms with Crippen molar-refractivity contribution < 1.29 is 15.3 Å². The molecule has 68 valence electrons. The number of allylic oxidation sites excluding steroid dienone is 2. The van der Waals surface area contributed by atoms with Gasteiger partial charge in [-0.15, -0.1) is 0 Å². The Balaban J connectivity index is 2.20. The van der Waals surface area contributed by atoms with E-state index in [4.69, 9.17) is 10.2 Å². The fourth-order valence-corrected chi connectivity index (χ4v) is 2.67. The van der Waals surface area contributed by atoms with Gasteiger partial charge >= 0.3 is 0 Å². The predicted octanol–water partition coefficient (Wildman–Crippen LogP) is 0.295. The lowest BCUT2D eigenvalue weighted by Crippen LogP contribution is -2.27. The zero-order chi connectivity index (χ0) is 8.72. The molecule has 4 atom stereocenters. The predicted molar refractivity (Wildman–Crippen MR) is 43.5 cm³/mol. The van der Waals surface area contributed by atoms with Crippen LogP contribution in [0.5, 0.6) is 0 Å². The molecule has 0 radical (unpaired) electrons. The van der Waals surface area contributed by atoms with Gasteiger partial charge < -0.3 is 15.3 Å². The van der Waals surface area contributed by atoms with Crippen LogP contribution < -0.4 is 0 Å². The Morgan fingerprint density at radius 1 is 1.25 bits per heavy atom. The number of hydrogen-bond acceptors (Lipinski definition) is 3. The number of aliphatic hydroxyl groups is 3. The fraction of sp³-hybridized carbons (Fsp3) is 0.778. The Labute approximate surface area is 71.3 Å². The molecule has 3 nitrogen and oxygen atoms in total. The molecule has 4 unspecified atom stereocenters. The first-order valence-electron chi connectivity index (χ1n) is 4.40. The van der Waals surface area contributed by atoms with Gasteiger partial charge in [-0.1, -0.05) is 0 Å². The molecule has 0 aromatic heterocycles. The Bertz CT molecular complexity index is 212. The second-order valence-corrected chi connectivity index (χ2v) is 3.79. The SMILES string of the molecule is OCC1C2C=C(O)C(C2)C1CO.